The minimum Gasteiger partial charge on any atom is -0.445 e. The molecule has 2 N–H and O–H groups in total. The first-order valence-electron chi connectivity index (χ1n) is 4.31. The average molecular weight is 242 g/mol. The summed E-state index contributed by atoms with van der Waals surface area (Å²) in [4.78, 5) is 1.06. The first-order chi connectivity index (χ1) is 7.17. The number of nitrogens with two attached hydrogens (primary N) is 1. The van der Waals surface area contributed by atoms with E-state index in [0.29, 0.717) is 17.3 Å². The fourth-order valence-corrected chi connectivity index (χ4v) is 1.76. The van der Waals surface area contributed by atoms with Crippen LogP contribution in [0.3, 0.4) is 0 Å². The molecule has 0 saturated carbocycles. The number of ether oxygens (including phenoxy) is 1. The monoisotopic (exact) mass is 241 g/mol. The molecule has 4 heteroatoms. The van der Waals surface area contributed by atoms with E-state index >= 15 is 0 Å². The van der Waals surface area contributed by atoms with Crippen molar-refractivity contribution in [1.29, 1.82) is 0 Å². The van der Waals surface area contributed by atoms with Gasteiger partial charge in [-0.1, -0.05) is 30.8 Å². The molecule has 0 bridgehead atoms. The van der Waals surface area contributed by atoms with Crippen molar-refractivity contribution in [3.8, 4) is 5.06 Å². The molecule has 0 atom stereocenters. The van der Waals surface area contributed by atoms with Crippen LogP contribution in [0.15, 0.2) is 48.2 Å². The molecule has 0 amide bonds. The van der Waals surface area contributed by atoms with Gasteiger partial charge < -0.3 is 10.5 Å². The molecule has 1 heterocycles. The predicted molar refractivity (Wildman–Crippen MR) is 66.1 cm³/mol. The third kappa shape index (κ3) is 3.55. The molecule has 1 rings (SSSR count). The number of rotatable bonds is 5. The fraction of sp³-hybridized carbons (Fsp3) is 0.0909. The van der Waals surface area contributed by atoms with E-state index in [4.69, 9.17) is 22.1 Å². The van der Waals surface area contributed by atoms with Gasteiger partial charge in [-0.15, -0.1) is 11.3 Å². The topological polar surface area (TPSA) is 35.2 Å². The number of hydrogen-bond acceptors (Lipinski definition) is 3. The van der Waals surface area contributed by atoms with Crippen LogP contribution in [-0.2, 0) is 6.54 Å². The first kappa shape index (κ1) is 12.0. The van der Waals surface area contributed by atoms with E-state index in [-0.39, 0.29) is 0 Å². The smallest absolute Gasteiger partial charge is 0.181 e. The maximum absolute atomic E-state index is 5.76. The molecule has 1 aromatic heterocycles. The Morgan fingerprint density at radius 2 is 2.33 bits per heavy atom. The molecule has 0 aliphatic carbocycles. The van der Waals surface area contributed by atoms with Crippen LogP contribution in [0.5, 0.6) is 5.06 Å². The van der Waals surface area contributed by atoms with Crippen LogP contribution < -0.4 is 10.5 Å². The summed E-state index contributed by atoms with van der Waals surface area (Å²) in [5, 5.41) is 1.09. The highest BCUT2D eigenvalue weighted by Crippen LogP contribution is 2.28. The second-order valence-electron chi connectivity index (χ2n) is 2.70. The Labute approximate surface area is 98.3 Å². The highest BCUT2D eigenvalue weighted by atomic mass is 35.5. The predicted octanol–water partition coefficient (Wildman–Crippen LogP) is 3.41. The zero-order chi connectivity index (χ0) is 11.3. The van der Waals surface area contributed by atoms with Gasteiger partial charge in [0.1, 0.15) is 5.76 Å². The number of hydrogen-bond donors (Lipinski definition) is 1. The summed E-state index contributed by atoms with van der Waals surface area (Å²) in [6.45, 7) is 7.68. The standard InChI is InChI=1S/C11H12ClNOS/c1-3-4-10(8(2)12)14-11-6-5-9(7-13)15-11/h3-6H,1-2,7,13H2/b10-4+. The Bertz CT molecular complexity index is 395. The van der Waals surface area contributed by atoms with E-state index in [1.165, 1.54) is 11.3 Å². The molecule has 0 aliphatic heterocycles. The lowest BCUT2D eigenvalue weighted by molar-refractivity contribution is 0.455. The van der Waals surface area contributed by atoms with Gasteiger partial charge in [-0.2, -0.15) is 0 Å². The zero-order valence-corrected chi connectivity index (χ0v) is 9.77. The lowest BCUT2D eigenvalue weighted by Gasteiger charge is -2.04. The highest BCUT2D eigenvalue weighted by Gasteiger charge is 2.05. The van der Waals surface area contributed by atoms with Gasteiger partial charge in [-0.3, -0.25) is 0 Å². The molecule has 0 spiro atoms. The van der Waals surface area contributed by atoms with E-state index in [2.05, 4.69) is 13.2 Å². The van der Waals surface area contributed by atoms with Crippen molar-refractivity contribution in [2.24, 2.45) is 5.73 Å². The Balaban J connectivity index is 2.78. The first-order valence-corrected chi connectivity index (χ1v) is 5.51. The summed E-state index contributed by atoms with van der Waals surface area (Å²) in [6.07, 6.45) is 3.26. The van der Waals surface area contributed by atoms with E-state index in [1.807, 2.05) is 12.1 Å². The molecule has 0 unspecified atom stereocenters. The summed E-state index contributed by atoms with van der Waals surface area (Å²) >= 11 is 7.24. The molecule has 0 saturated heterocycles. The summed E-state index contributed by atoms with van der Waals surface area (Å²) < 4.78 is 5.52. The third-order valence-electron chi connectivity index (χ3n) is 1.59. The quantitative estimate of drug-likeness (QED) is 0.633. The Morgan fingerprint density at radius 1 is 1.60 bits per heavy atom. The molecule has 80 valence electrons. The SMILES string of the molecule is C=C/C=C(/Oc1ccc(CN)s1)C(=C)Cl. The van der Waals surface area contributed by atoms with E-state index in [9.17, 15) is 0 Å². The Kier molecular flexibility index (Phi) is 4.62. The molecular formula is C11H12ClNOS. The van der Waals surface area contributed by atoms with Gasteiger partial charge in [0.25, 0.3) is 0 Å². The van der Waals surface area contributed by atoms with Crippen LogP contribution in [0, 0.1) is 0 Å². The van der Waals surface area contributed by atoms with Gasteiger partial charge in [0.05, 0.1) is 5.03 Å². The van der Waals surface area contributed by atoms with Crippen LogP contribution in [-0.4, -0.2) is 0 Å². The van der Waals surface area contributed by atoms with Crippen molar-refractivity contribution >= 4 is 22.9 Å². The number of thiophene rings is 1. The van der Waals surface area contributed by atoms with Crippen LogP contribution >= 0.6 is 22.9 Å². The van der Waals surface area contributed by atoms with Crippen LogP contribution in [0.4, 0.5) is 0 Å². The van der Waals surface area contributed by atoms with Gasteiger partial charge in [-0.05, 0) is 18.2 Å². The van der Waals surface area contributed by atoms with Gasteiger partial charge in [0, 0.05) is 11.4 Å². The molecule has 15 heavy (non-hydrogen) atoms. The molecule has 0 aliphatic rings. The van der Waals surface area contributed by atoms with E-state index in [1.54, 1.807) is 12.2 Å². The minimum atomic E-state index is 0.345. The van der Waals surface area contributed by atoms with Gasteiger partial charge in [-0.25, -0.2) is 0 Å². The third-order valence-corrected chi connectivity index (χ3v) is 2.76. The largest absolute Gasteiger partial charge is 0.445 e. The molecule has 1 aromatic rings. The Hall–Kier alpha value is -1.03. The van der Waals surface area contributed by atoms with E-state index < -0.39 is 0 Å². The number of allylic oxidation sites excluding steroid dienone is 3. The van der Waals surface area contributed by atoms with Crippen molar-refractivity contribution in [2.75, 3.05) is 0 Å². The highest BCUT2D eigenvalue weighted by molar-refractivity contribution is 7.13. The summed E-state index contributed by atoms with van der Waals surface area (Å²) in [5.41, 5.74) is 5.49. The molecule has 2 nitrogen and oxygen atoms in total. The van der Waals surface area contributed by atoms with Gasteiger partial charge >= 0.3 is 0 Å². The average Bonchev–Trinajstić information content (AvgIpc) is 2.65. The fourth-order valence-electron chi connectivity index (χ4n) is 0.918. The van der Waals surface area contributed by atoms with Crippen LogP contribution in [0.2, 0.25) is 0 Å². The Morgan fingerprint density at radius 3 is 2.80 bits per heavy atom. The second-order valence-corrected chi connectivity index (χ2v) is 4.29. The normalized spacial score (nSPS) is 11.2. The molecule has 0 aromatic carbocycles. The molecular weight excluding hydrogens is 230 g/mol. The van der Waals surface area contributed by atoms with Gasteiger partial charge in [0.2, 0.25) is 0 Å². The van der Waals surface area contributed by atoms with Gasteiger partial charge in [0.15, 0.2) is 5.06 Å². The van der Waals surface area contributed by atoms with Crippen molar-refractivity contribution in [1.82, 2.24) is 0 Å². The minimum absolute atomic E-state index is 0.345. The molecule has 0 fully saturated rings. The zero-order valence-electron chi connectivity index (χ0n) is 8.20. The number of halogens is 1. The van der Waals surface area contributed by atoms with Crippen molar-refractivity contribution in [3.05, 3.63) is 53.1 Å². The van der Waals surface area contributed by atoms with E-state index in [0.717, 1.165) is 9.94 Å². The maximum Gasteiger partial charge on any atom is 0.181 e. The second kappa shape index (κ2) is 5.75. The molecule has 0 radical (unpaired) electrons. The lowest BCUT2D eigenvalue weighted by atomic mass is 10.4. The van der Waals surface area contributed by atoms with Crippen LogP contribution in [0.25, 0.3) is 0 Å². The van der Waals surface area contributed by atoms with Crippen molar-refractivity contribution < 1.29 is 4.74 Å². The summed E-state index contributed by atoms with van der Waals surface area (Å²) in [6, 6.07) is 3.77. The van der Waals surface area contributed by atoms with Crippen molar-refractivity contribution in [3.63, 3.8) is 0 Å². The summed E-state index contributed by atoms with van der Waals surface area (Å²) in [7, 11) is 0. The lowest BCUT2D eigenvalue weighted by Crippen LogP contribution is -1.93. The maximum atomic E-state index is 5.76. The van der Waals surface area contributed by atoms with Crippen molar-refractivity contribution in [2.45, 2.75) is 6.54 Å². The van der Waals surface area contributed by atoms with Crippen LogP contribution in [0.1, 0.15) is 4.88 Å². The summed E-state index contributed by atoms with van der Waals surface area (Å²) in [5.74, 6) is 0.497.